The third-order valence-corrected chi connectivity index (χ3v) is 1.16. The van der Waals surface area contributed by atoms with Crippen LogP contribution < -0.4 is 5.73 Å². The number of carbonyl (C=O) groups is 1. The van der Waals surface area contributed by atoms with E-state index >= 15 is 0 Å². The van der Waals surface area contributed by atoms with Crippen molar-refractivity contribution in [3.8, 4) is 0 Å². The Hall–Kier alpha value is -1.52. The van der Waals surface area contributed by atoms with E-state index in [9.17, 15) is 4.79 Å². The van der Waals surface area contributed by atoms with Crippen LogP contribution in [0.2, 0.25) is 0 Å². The largest absolute Gasteiger partial charge is 0.464 e. The second-order valence-corrected chi connectivity index (χ2v) is 2.27. The number of nitrogens with zero attached hydrogens (tertiary/aromatic N) is 1. The monoisotopic (exact) mass is 188 g/mol. The smallest absolute Gasteiger partial charge is 0.325 e. The number of nitrogens with one attached hydrogen (secondary N) is 1. The minimum Gasteiger partial charge on any atom is -0.464 e. The van der Waals surface area contributed by atoms with Crippen LogP contribution in [0.25, 0.3) is 0 Å². The van der Waals surface area contributed by atoms with Crippen LogP contribution >= 0.6 is 0 Å². The molecule has 0 aliphatic rings. The number of guanidine groups is 1. The van der Waals surface area contributed by atoms with Gasteiger partial charge in [-0.25, -0.2) is 0 Å². The van der Waals surface area contributed by atoms with Crippen LogP contribution in [0.3, 0.4) is 0 Å². The fourth-order valence-corrected chi connectivity index (χ4v) is 0.516. The van der Waals surface area contributed by atoms with Gasteiger partial charge in [-0.3, -0.25) is 10.2 Å². The minimum absolute atomic E-state index is 0.134. The predicted octanol–water partition coefficient (Wildman–Crippen LogP) is -0.0690. The third kappa shape index (κ3) is 5.72. The predicted molar refractivity (Wildman–Crippen MR) is 50.3 cm³/mol. The molecule has 0 radical (unpaired) electrons. The van der Waals surface area contributed by atoms with Crippen molar-refractivity contribution in [3.05, 3.63) is 12.7 Å². The molecule has 74 valence electrons. The van der Waals surface area contributed by atoms with Gasteiger partial charge in [0.15, 0.2) is 5.96 Å². The summed E-state index contributed by atoms with van der Waals surface area (Å²) in [4.78, 5) is 11.7. The maximum atomic E-state index is 11.2. The van der Waals surface area contributed by atoms with Gasteiger partial charge in [-0.2, -0.15) is 0 Å². The zero-order valence-electron chi connectivity index (χ0n) is 10.2. The Morgan fingerprint density at radius 1 is 1.92 bits per heavy atom. The number of likely N-dealkylation sites (N-methyl/N-ethyl adjacent to an activating group) is 1. The first-order valence-electron chi connectivity index (χ1n) is 5.17. The highest BCUT2D eigenvalue weighted by Crippen LogP contribution is 1.87. The van der Waals surface area contributed by atoms with E-state index in [0.717, 1.165) is 0 Å². The Morgan fingerprint density at radius 2 is 2.62 bits per heavy atom. The zero-order chi connectivity index (χ0) is 12.8. The van der Waals surface area contributed by atoms with Crippen molar-refractivity contribution in [1.29, 1.82) is 5.41 Å². The molecule has 0 aromatic carbocycles. The summed E-state index contributed by atoms with van der Waals surface area (Å²) < 4.78 is 25.8. The van der Waals surface area contributed by atoms with Crippen molar-refractivity contribution in [1.82, 2.24) is 4.90 Å². The summed E-state index contributed by atoms with van der Waals surface area (Å²) in [5.41, 5.74) is 5.05. The maximum Gasteiger partial charge on any atom is 0.325 e. The van der Waals surface area contributed by atoms with Gasteiger partial charge in [-0.05, 0) is 6.42 Å². The first-order valence-corrected chi connectivity index (χ1v) is 3.67. The van der Waals surface area contributed by atoms with Gasteiger partial charge >= 0.3 is 5.97 Å². The highest BCUT2D eigenvalue weighted by molar-refractivity contribution is 5.80. The van der Waals surface area contributed by atoms with Crippen LogP contribution in [0.15, 0.2) is 12.7 Å². The van der Waals surface area contributed by atoms with E-state index in [1.807, 2.05) is 0 Å². The second-order valence-electron chi connectivity index (χ2n) is 2.27. The molecular weight excluding hydrogens is 170 g/mol. The Morgan fingerprint density at radius 3 is 3.08 bits per heavy atom. The summed E-state index contributed by atoms with van der Waals surface area (Å²) in [6, 6.07) is 0. The fraction of sp³-hybridized carbons (Fsp3) is 0.500. The summed E-state index contributed by atoms with van der Waals surface area (Å²) in [5.74, 6) is -1.44. The van der Waals surface area contributed by atoms with Gasteiger partial charge in [0.25, 0.3) is 0 Å². The molecule has 0 aliphatic heterocycles. The molecule has 0 aromatic rings. The SMILES string of the molecule is [2H]C([2H])([2H])N(CC(=O)OCCC=C)C(=N)N. The minimum atomic E-state index is -2.62. The molecule has 5 heteroatoms. The topological polar surface area (TPSA) is 79.4 Å². The molecule has 0 fully saturated rings. The first kappa shape index (κ1) is 6.94. The molecule has 0 amide bonds. The van der Waals surface area contributed by atoms with Gasteiger partial charge in [0.1, 0.15) is 6.54 Å². The molecule has 3 N–H and O–H groups in total. The lowest BCUT2D eigenvalue weighted by Gasteiger charge is -2.14. The quantitative estimate of drug-likeness (QED) is 0.208. The van der Waals surface area contributed by atoms with Crippen LogP contribution in [0.4, 0.5) is 0 Å². The summed E-state index contributed by atoms with van der Waals surface area (Å²) >= 11 is 0. The number of esters is 1. The van der Waals surface area contributed by atoms with Gasteiger partial charge in [-0.1, -0.05) is 6.08 Å². The molecule has 0 aromatic heterocycles. The van der Waals surface area contributed by atoms with Crippen LogP contribution in [0.1, 0.15) is 10.5 Å². The number of ether oxygens (including phenoxy) is 1. The molecule has 0 atom stereocenters. The molecule has 13 heavy (non-hydrogen) atoms. The fourth-order valence-electron chi connectivity index (χ4n) is 0.516. The van der Waals surface area contributed by atoms with Crippen molar-refractivity contribution >= 4 is 11.9 Å². The highest BCUT2D eigenvalue weighted by Gasteiger charge is 2.07. The van der Waals surface area contributed by atoms with Gasteiger partial charge in [0.05, 0.1) is 6.61 Å². The molecule has 0 spiro atoms. The Labute approximate surface area is 81.9 Å². The molecule has 0 heterocycles. The maximum absolute atomic E-state index is 11.2. The van der Waals surface area contributed by atoms with E-state index in [0.29, 0.717) is 11.3 Å². The van der Waals surface area contributed by atoms with Crippen LogP contribution in [-0.2, 0) is 9.53 Å². The number of nitrogens with two attached hydrogens (primary N) is 1. The van der Waals surface area contributed by atoms with Crippen molar-refractivity contribution < 1.29 is 13.6 Å². The van der Waals surface area contributed by atoms with Gasteiger partial charge in [-0.15, -0.1) is 6.58 Å². The number of hydrogen-bond donors (Lipinski definition) is 2. The number of rotatable bonds is 5. The Kier molecular flexibility index (Phi) is 3.23. The zero-order valence-corrected chi connectivity index (χ0v) is 7.25. The summed E-state index contributed by atoms with van der Waals surface area (Å²) in [6.07, 6.45) is 2.05. The molecule has 0 aliphatic carbocycles. The van der Waals surface area contributed by atoms with E-state index in [1.165, 1.54) is 0 Å². The van der Waals surface area contributed by atoms with E-state index in [2.05, 4.69) is 6.58 Å². The van der Waals surface area contributed by atoms with Crippen molar-refractivity contribution in [2.75, 3.05) is 20.1 Å². The van der Waals surface area contributed by atoms with E-state index in [1.54, 1.807) is 6.08 Å². The van der Waals surface area contributed by atoms with Gasteiger partial charge < -0.3 is 15.4 Å². The number of carbonyl (C=O) groups excluding carboxylic acids is 1. The second kappa shape index (κ2) is 6.05. The lowest BCUT2D eigenvalue weighted by atomic mass is 10.4. The van der Waals surface area contributed by atoms with Crippen molar-refractivity contribution in [2.45, 2.75) is 6.42 Å². The van der Waals surface area contributed by atoms with Crippen molar-refractivity contribution in [3.63, 3.8) is 0 Å². The third-order valence-electron chi connectivity index (χ3n) is 1.16. The van der Waals surface area contributed by atoms with E-state index in [-0.39, 0.29) is 6.61 Å². The molecule has 5 nitrogen and oxygen atoms in total. The molecule has 0 saturated carbocycles. The lowest BCUT2D eigenvalue weighted by Crippen LogP contribution is -2.37. The molecule has 0 rings (SSSR count). The average Bonchev–Trinajstić information content (AvgIpc) is 2.12. The van der Waals surface area contributed by atoms with E-state index in [4.69, 9.17) is 20.0 Å². The van der Waals surface area contributed by atoms with Gasteiger partial charge in [0.2, 0.25) is 0 Å². The Bertz CT molecular complexity index is 278. The average molecular weight is 188 g/mol. The molecular formula is C8H15N3O2. The number of hydrogen-bond acceptors (Lipinski definition) is 3. The van der Waals surface area contributed by atoms with Crippen LogP contribution in [-0.4, -0.2) is 37.0 Å². The van der Waals surface area contributed by atoms with E-state index < -0.39 is 25.4 Å². The van der Waals surface area contributed by atoms with Crippen molar-refractivity contribution in [2.24, 2.45) is 5.73 Å². The normalized spacial score (nSPS) is 13.4. The standard InChI is InChI=1S/C8H15N3O2/c1-3-4-5-13-7(12)6-11(2)8(9)10/h3H,1,4-6H2,2H3,(H3,9,10)/i2D3. The summed E-state index contributed by atoms with van der Waals surface area (Å²) in [7, 11) is 0. The first-order chi connectivity index (χ1) is 7.29. The molecule has 0 unspecified atom stereocenters. The molecule has 0 bridgehead atoms. The lowest BCUT2D eigenvalue weighted by molar-refractivity contribution is -0.143. The molecule has 0 saturated heterocycles. The van der Waals surface area contributed by atoms with Crippen LogP contribution in [0.5, 0.6) is 0 Å². The Balaban J connectivity index is 4.25. The highest BCUT2D eigenvalue weighted by atomic mass is 16.5. The summed E-state index contributed by atoms with van der Waals surface area (Å²) in [6.45, 7) is 0.386. The summed E-state index contributed by atoms with van der Waals surface area (Å²) in [5, 5.41) is 7.03. The van der Waals surface area contributed by atoms with Crippen LogP contribution in [0, 0.1) is 5.41 Å². The van der Waals surface area contributed by atoms with Gasteiger partial charge in [0, 0.05) is 11.1 Å².